The number of sulfonamides is 1. The van der Waals surface area contributed by atoms with Crippen LogP contribution in [0.4, 0.5) is 0 Å². The summed E-state index contributed by atoms with van der Waals surface area (Å²) < 4.78 is 26.1. The molecule has 94 valence electrons. The average molecular weight is 318 g/mol. The highest BCUT2D eigenvalue weighted by Gasteiger charge is 2.23. The molecule has 17 heavy (non-hydrogen) atoms. The Kier molecular flexibility index (Phi) is 5.36. The molecule has 0 radical (unpaired) electrons. The molecular weight excluding hydrogens is 302 g/mol. The van der Waals surface area contributed by atoms with Crippen LogP contribution in [0, 0.1) is 0 Å². The van der Waals surface area contributed by atoms with E-state index < -0.39 is 10.0 Å². The van der Waals surface area contributed by atoms with Crippen molar-refractivity contribution in [3.05, 3.63) is 42.5 Å². The van der Waals surface area contributed by atoms with E-state index in [4.69, 9.17) is 0 Å². The van der Waals surface area contributed by atoms with Gasteiger partial charge in [-0.15, -0.1) is 0 Å². The fourth-order valence-electron chi connectivity index (χ4n) is 1.42. The number of halogens is 1. The highest BCUT2D eigenvalue weighted by molar-refractivity contribution is 9.09. The lowest BCUT2D eigenvalue weighted by Crippen LogP contribution is -2.34. The lowest BCUT2D eigenvalue weighted by molar-refractivity contribution is 0.456. The summed E-state index contributed by atoms with van der Waals surface area (Å²) in [5.74, 6) is 0. The van der Waals surface area contributed by atoms with E-state index in [1.165, 1.54) is 4.31 Å². The molecule has 0 N–H and O–H groups in total. The van der Waals surface area contributed by atoms with Crippen LogP contribution in [0.2, 0.25) is 0 Å². The second-order valence-electron chi connectivity index (χ2n) is 3.80. The Morgan fingerprint density at radius 3 is 2.41 bits per heavy atom. The molecule has 0 fully saturated rings. The summed E-state index contributed by atoms with van der Waals surface area (Å²) in [6, 6.07) is 8.45. The molecule has 0 unspecified atom stereocenters. The van der Waals surface area contributed by atoms with E-state index in [0.29, 0.717) is 23.3 Å². The van der Waals surface area contributed by atoms with Gasteiger partial charge in [-0.1, -0.05) is 46.3 Å². The van der Waals surface area contributed by atoms with Crippen molar-refractivity contribution in [2.24, 2.45) is 0 Å². The van der Waals surface area contributed by atoms with E-state index in [-0.39, 0.29) is 0 Å². The maximum absolute atomic E-state index is 12.3. The third kappa shape index (κ3) is 3.94. The van der Waals surface area contributed by atoms with Gasteiger partial charge in [0.15, 0.2) is 0 Å². The van der Waals surface area contributed by atoms with Crippen LogP contribution in [0.25, 0.3) is 0 Å². The van der Waals surface area contributed by atoms with Gasteiger partial charge in [-0.3, -0.25) is 0 Å². The zero-order valence-corrected chi connectivity index (χ0v) is 12.2. The van der Waals surface area contributed by atoms with Crippen molar-refractivity contribution in [3.8, 4) is 0 Å². The molecule has 0 amide bonds. The van der Waals surface area contributed by atoms with Crippen LogP contribution < -0.4 is 0 Å². The number of hydrogen-bond acceptors (Lipinski definition) is 2. The minimum atomic E-state index is -3.42. The van der Waals surface area contributed by atoms with Gasteiger partial charge in [0.2, 0.25) is 10.0 Å². The SMILES string of the molecule is C=C(C)CN(CCBr)S(=O)(=O)c1ccccc1. The van der Waals surface area contributed by atoms with Crippen LogP contribution in [-0.2, 0) is 10.0 Å². The maximum atomic E-state index is 12.3. The van der Waals surface area contributed by atoms with Crippen LogP contribution >= 0.6 is 15.9 Å². The summed E-state index contributed by atoms with van der Waals surface area (Å²) in [5, 5.41) is 0.604. The summed E-state index contributed by atoms with van der Waals surface area (Å²) in [6.45, 7) is 6.37. The normalized spacial score (nSPS) is 11.7. The summed E-state index contributed by atoms with van der Waals surface area (Å²) >= 11 is 3.27. The average Bonchev–Trinajstić information content (AvgIpc) is 2.29. The highest BCUT2D eigenvalue weighted by atomic mass is 79.9. The summed E-state index contributed by atoms with van der Waals surface area (Å²) in [6.07, 6.45) is 0. The zero-order chi connectivity index (χ0) is 12.9. The Morgan fingerprint density at radius 2 is 1.94 bits per heavy atom. The van der Waals surface area contributed by atoms with Gasteiger partial charge in [0.05, 0.1) is 4.90 Å². The largest absolute Gasteiger partial charge is 0.243 e. The second kappa shape index (κ2) is 6.33. The molecule has 1 aromatic rings. The predicted octanol–water partition coefficient (Wildman–Crippen LogP) is 2.65. The second-order valence-corrected chi connectivity index (χ2v) is 6.53. The monoisotopic (exact) mass is 317 g/mol. The van der Waals surface area contributed by atoms with E-state index >= 15 is 0 Å². The van der Waals surface area contributed by atoms with Crippen LogP contribution in [0.15, 0.2) is 47.4 Å². The smallest absolute Gasteiger partial charge is 0.207 e. The quantitative estimate of drug-likeness (QED) is 0.597. The van der Waals surface area contributed by atoms with Crippen LogP contribution in [0.3, 0.4) is 0 Å². The molecule has 0 aliphatic carbocycles. The number of hydrogen-bond donors (Lipinski definition) is 0. The number of nitrogens with zero attached hydrogens (tertiary/aromatic N) is 1. The van der Waals surface area contributed by atoms with Gasteiger partial charge in [0, 0.05) is 18.4 Å². The number of benzene rings is 1. The molecule has 0 aromatic heterocycles. The van der Waals surface area contributed by atoms with Gasteiger partial charge in [-0.25, -0.2) is 8.42 Å². The fourth-order valence-corrected chi connectivity index (χ4v) is 3.61. The Labute approximate surface area is 111 Å². The highest BCUT2D eigenvalue weighted by Crippen LogP contribution is 2.16. The Bertz CT molecular complexity index is 471. The first-order valence-electron chi connectivity index (χ1n) is 5.24. The van der Waals surface area contributed by atoms with E-state index in [1.807, 2.05) is 6.92 Å². The topological polar surface area (TPSA) is 37.4 Å². The van der Waals surface area contributed by atoms with E-state index in [2.05, 4.69) is 22.5 Å². The predicted molar refractivity (Wildman–Crippen MR) is 73.8 cm³/mol. The van der Waals surface area contributed by atoms with Gasteiger partial charge in [-0.05, 0) is 19.1 Å². The van der Waals surface area contributed by atoms with E-state index in [9.17, 15) is 8.42 Å². The fraction of sp³-hybridized carbons (Fsp3) is 0.333. The maximum Gasteiger partial charge on any atom is 0.243 e. The van der Waals surface area contributed by atoms with Crippen molar-refractivity contribution in [2.45, 2.75) is 11.8 Å². The zero-order valence-electron chi connectivity index (χ0n) is 9.77. The Hall–Kier alpha value is -0.650. The van der Waals surface area contributed by atoms with Crippen LogP contribution in [0.5, 0.6) is 0 Å². The van der Waals surface area contributed by atoms with E-state index in [1.54, 1.807) is 30.3 Å². The molecule has 0 aliphatic rings. The van der Waals surface area contributed by atoms with Crippen LogP contribution in [0.1, 0.15) is 6.92 Å². The van der Waals surface area contributed by atoms with Gasteiger partial charge >= 0.3 is 0 Å². The lowest BCUT2D eigenvalue weighted by Gasteiger charge is -2.21. The molecule has 0 saturated carbocycles. The molecule has 0 bridgehead atoms. The van der Waals surface area contributed by atoms with Crippen molar-refractivity contribution in [2.75, 3.05) is 18.4 Å². The van der Waals surface area contributed by atoms with Gasteiger partial charge in [-0.2, -0.15) is 4.31 Å². The first-order chi connectivity index (χ1) is 7.98. The van der Waals surface area contributed by atoms with Gasteiger partial charge < -0.3 is 0 Å². The molecule has 1 aromatic carbocycles. The van der Waals surface area contributed by atoms with Crippen LogP contribution in [-0.4, -0.2) is 31.1 Å². The summed E-state index contributed by atoms with van der Waals surface area (Å²) in [4.78, 5) is 0.321. The van der Waals surface area contributed by atoms with Crippen molar-refractivity contribution < 1.29 is 8.42 Å². The summed E-state index contributed by atoms with van der Waals surface area (Å²) in [5.41, 5.74) is 0.824. The molecule has 0 spiro atoms. The standard InChI is InChI=1S/C12H16BrNO2S/c1-11(2)10-14(9-8-13)17(15,16)12-6-4-3-5-7-12/h3-7H,1,8-10H2,2H3. The lowest BCUT2D eigenvalue weighted by atomic mass is 10.3. The first kappa shape index (κ1) is 14.4. The molecule has 5 heteroatoms. The molecule has 0 heterocycles. The van der Waals surface area contributed by atoms with Crippen molar-refractivity contribution in [1.82, 2.24) is 4.31 Å². The third-order valence-electron chi connectivity index (χ3n) is 2.16. The molecule has 3 nitrogen and oxygen atoms in total. The molecule has 0 atom stereocenters. The molecule has 0 saturated heterocycles. The van der Waals surface area contributed by atoms with Gasteiger partial charge in [0.1, 0.15) is 0 Å². The Balaban J connectivity index is 3.04. The van der Waals surface area contributed by atoms with Crippen molar-refractivity contribution in [1.29, 1.82) is 0 Å². The molecule has 0 aliphatic heterocycles. The summed E-state index contributed by atoms with van der Waals surface area (Å²) in [7, 11) is -3.42. The van der Waals surface area contributed by atoms with Crippen molar-refractivity contribution >= 4 is 26.0 Å². The Morgan fingerprint density at radius 1 is 1.35 bits per heavy atom. The third-order valence-corrected chi connectivity index (χ3v) is 4.38. The van der Waals surface area contributed by atoms with Gasteiger partial charge in [0.25, 0.3) is 0 Å². The molecular formula is C12H16BrNO2S. The number of alkyl halides is 1. The van der Waals surface area contributed by atoms with E-state index in [0.717, 1.165) is 5.57 Å². The minimum absolute atomic E-state index is 0.321. The molecule has 1 rings (SSSR count). The minimum Gasteiger partial charge on any atom is -0.207 e. The number of rotatable bonds is 6. The van der Waals surface area contributed by atoms with Crippen molar-refractivity contribution in [3.63, 3.8) is 0 Å². The first-order valence-corrected chi connectivity index (χ1v) is 7.80.